The van der Waals surface area contributed by atoms with Crippen LogP contribution in [0, 0.1) is 0 Å². The van der Waals surface area contributed by atoms with Gasteiger partial charge in [0.25, 0.3) is 0 Å². The van der Waals surface area contributed by atoms with Crippen LogP contribution in [0.25, 0.3) is 0 Å². The first-order valence-electron chi connectivity index (χ1n) is 10.2. The fourth-order valence-electron chi connectivity index (χ4n) is 3.73. The normalized spacial score (nSPS) is 23.0. The van der Waals surface area contributed by atoms with Crippen LogP contribution >= 0.6 is 0 Å². The Balaban J connectivity index is 1.47. The summed E-state index contributed by atoms with van der Waals surface area (Å²) in [5, 5.41) is 3.42. The minimum absolute atomic E-state index is 0.283. The van der Waals surface area contributed by atoms with Gasteiger partial charge in [-0.3, -0.25) is 4.99 Å². The van der Waals surface area contributed by atoms with Crippen molar-refractivity contribution in [2.24, 2.45) is 4.99 Å². The Hall–Kier alpha value is -1.79. The fraction of sp³-hybridized carbons (Fsp3) is 0.667. The van der Waals surface area contributed by atoms with E-state index in [9.17, 15) is 0 Å². The molecule has 2 heterocycles. The molecule has 0 aliphatic carbocycles. The number of aliphatic imine (C=N–C) groups is 1. The van der Waals surface area contributed by atoms with E-state index >= 15 is 0 Å². The van der Waals surface area contributed by atoms with Crippen LogP contribution in [0.2, 0.25) is 0 Å². The highest BCUT2D eigenvalue weighted by molar-refractivity contribution is 5.80. The predicted octanol–water partition coefficient (Wildman–Crippen LogP) is 2.65. The summed E-state index contributed by atoms with van der Waals surface area (Å²) in [6.07, 6.45) is 3.70. The molecule has 2 aliphatic heterocycles. The number of nitrogens with one attached hydrogen (secondary N) is 1. The third-order valence-corrected chi connectivity index (χ3v) is 5.23. The second-order valence-electron chi connectivity index (χ2n) is 7.15. The van der Waals surface area contributed by atoms with Crippen molar-refractivity contribution < 1.29 is 14.2 Å². The lowest BCUT2D eigenvalue weighted by molar-refractivity contribution is 0.0199. The second kappa shape index (κ2) is 10.5. The van der Waals surface area contributed by atoms with Crippen molar-refractivity contribution in [3.05, 3.63) is 29.8 Å². The first-order chi connectivity index (χ1) is 13.3. The predicted molar refractivity (Wildman–Crippen MR) is 108 cm³/mol. The van der Waals surface area contributed by atoms with Gasteiger partial charge in [0.15, 0.2) is 5.96 Å². The molecule has 2 saturated heterocycles. The lowest BCUT2D eigenvalue weighted by Gasteiger charge is -2.22. The topological polar surface area (TPSA) is 55.3 Å². The van der Waals surface area contributed by atoms with Crippen molar-refractivity contribution in [1.29, 1.82) is 0 Å². The quantitative estimate of drug-likeness (QED) is 0.430. The summed E-state index contributed by atoms with van der Waals surface area (Å²) in [6.45, 7) is 7.90. The van der Waals surface area contributed by atoms with Gasteiger partial charge in [0.2, 0.25) is 0 Å². The van der Waals surface area contributed by atoms with E-state index in [2.05, 4.69) is 29.3 Å². The van der Waals surface area contributed by atoms with Gasteiger partial charge in [-0.05, 0) is 43.9 Å². The number of hydrogen-bond donors (Lipinski definition) is 1. The van der Waals surface area contributed by atoms with E-state index in [1.807, 2.05) is 12.1 Å². The first-order valence-corrected chi connectivity index (χ1v) is 10.2. The number of nitrogens with zero attached hydrogens (tertiary/aromatic N) is 2. The van der Waals surface area contributed by atoms with Gasteiger partial charge in [-0.2, -0.15) is 0 Å². The molecule has 2 unspecified atom stereocenters. The van der Waals surface area contributed by atoms with Crippen LogP contribution in [0.1, 0.15) is 37.7 Å². The van der Waals surface area contributed by atoms with Crippen molar-refractivity contribution in [3.63, 3.8) is 0 Å². The molecule has 1 aromatic carbocycles. The van der Waals surface area contributed by atoms with E-state index in [-0.39, 0.29) is 6.10 Å². The number of hydrogen-bond acceptors (Lipinski definition) is 4. The zero-order chi connectivity index (χ0) is 18.9. The molecule has 6 heteroatoms. The Bertz CT molecular complexity index is 585. The minimum Gasteiger partial charge on any atom is -0.497 e. The van der Waals surface area contributed by atoms with Crippen molar-refractivity contribution in [2.45, 2.75) is 38.2 Å². The molecule has 0 spiro atoms. The van der Waals surface area contributed by atoms with Crippen LogP contribution in [-0.2, 0) is 9.47 Å². The molecule has 0 bridgehead atoms. The van der Waals surface area contributed by atoms with Gasteiger partial charge in [0.05, 0.1) is 33.0 Å². The third kappa shape index (κ3) is 5.84. The molecule has 0 aromatic heterocycles. The van der Waals surface area contributed by atoms with Gasteiger partial charge >= 0.3 is 0 Å². The Morgan fingerprint density at radius 2 is 2.15 bits per heavy atom. The summed E-state index contributed by atoms with van der Waals surface area (Å²) in [7, 11) is 1.70. The van der Waals surface area contributed by atoms with Gasteiger partial charge < -0.3 is 24.4 Å². The minimum atomic E-state index is 0.283. The van der Waals surface area contributed by atoms with E-state index in [0.717, 1.165) is 57.2 Å². The number of benzene rings is 1. The van der Waals surface area contributed by atoms with Crippen LogP contribution in [0.4, 0.5) is 0 Å². The van der Waals surface area contributed by atoms with Crippen LogP contribution in [0.5, 0.6) is 5.75 Å². The van der Waals surface area contributed by atoms with Crippen LogP contribution in [-0.4, -0.2) is 70.1 Å². The highest BCUT2D eigenvalue weighted by atomic mass is 16.5. The van der Waals surface area contributed by atoms with E-state index in [1.165, 1.54) is 5.56 Å². The van der Waals surface area contributed by atoms with Gasteiger partial charge in [0, 0.05) is 32.2 Å². The van der Waals surface area contributed by atoms with Gasteiger partial charge in [-0.15, -0.1) is 0 Å². The molecule has 3 rings (SSSR count). The summed E-state index contributed by atoms with van der Waals surface area (Å²) in [5.74, 6) is 2.44. The number of likely N-dealkylation sites (tertiary alicyclic amines) is 1. The van der Waals surface area contributed by atoms with Crippen molar-refractivity contribution in [1.82, 2.24) is 10.2 Å². The molecule has 1 aromatic rings. The van der Waals surface area contributed by atoms with Gasteiger partial charge in [-0.1, -0.05) is 12.1 Å². The standard InChI is InChI=1S/C21H33N3O3/c1-3-22-21(23-11-14-26-16-20-5-4-13-27-20)24-12-10-18(15-24)17-6-8-19(25-2)9-7-17/h6-9,18,20H,3-5,10-16H2,1-2H3,(H,22,23). The maximum Gasteiger partial charge on any atom is 0.194 e. The highest BCUT2D eigenvalue weighted by Gasteiger charge is 2.26. The first kappa shape index (κ1) is 20.0. The summed E-state index contributed by atoms with van der Waals surface area (Å²) in [6, 6.07) is 8.44. The maximum absolute atomic E-state index is 5.73. The van der Waals surface area contributed by atoms with Gasteiger partial charge in [-0.25, -0.2) is 0 Å². The zero-order valence-corrected chi connectivity index (χ0v) is 16.7. The lowest BCUT2D eigenvalue weighted by Crippen LogP contribution is -2.40. The molecular weight excluding hydrogens is 342 g/mol. The van der Waals surface area contributed by atoms with E-state index in [4.69, 9.17) is 19.2 Å². The van der Waals surface area contributed by atoms with Crippen LogP contribution in [0.15, 0.2) is 29.3 Å². The summed E-state index contributed by atoms with van der Waals surface area (Å²) < 4.78 is 16.6. The molecule has 0 saturated carbocycles. The summed E-state index contributed by atoms with van der Waals surface area (Å²) >= 11 is 0. The molecule has 2 atom stereocenters. The monoisotopic (exact) mass is 375 g/mol. The molecule has 0 radical (unpaired) electrons. The Morgan fingerprint density at radius 3 is 2.85 bits per heavy atom. The molecule has 2 aliphatic rings. The number of methoxy groups -OCH3 is 1. The number of rotatable bonds is 8. The Labute approximate surface area is 162 Å². The molecule has 150 valence electrons. The van der Waals surface area contributed by atoms with Gasteiger partial charge in [0.1, 0.15) is 5.75 Å². The second-order valence-corrected chi connectivity index (χ2v) is 7.15. The fourth-order valence-corrected chi connectivity index (χ4v) is 3.73. The summed E-state index contributed by atoms with van der Waals surface area (Å²) in [4.78, 5) is 7.12. The Kier molecular flexibility index (Phi) is 7.78. The van der Waals surface area contributed by atoms with Crippen LogP contribution < -0.4 is 10.1 Å². The molecule has 2 fully saturated rings. The van der Waals surface area contributed by atoms with E-state index in [0.29, 0.717) is 25.7 Å². The summed E-state index contributed by atoms with van der Waals surface area (Å²) in [5.41, 5.74) is 1.37. The van der Waals surface area contributed by atoms with Crippen molar-refractivity contribution in [2.75, 3.05) is 53.1 Å². The van der Waals surface area contributed by atoms with E-state index < -0.39 is 0 Å². The lowest BCUT2D eigenvalue weighted by atomic mass is 9.98. The largest absolute Gasteiger partial charge is 0.497 e. The van der Waals surface area contributed by atoms with Crippen molar-refractivity contribution in [3.8, 4) is 5.75 Å². The van der Waals surface area contributed by atoms with Crippen LogP contribution in [0.3, 0.4) is 0 Å². The number of ether oxygens (including phenoxy) is 3. The SMILES string of the molecule is CCNC(=NCCOCC1CCCO1)N1CCC(c2ccc(OC)cc2)C1. The Morgan fingerprint density at radius 1 is 1.30 bits per heavy atom. The molecule has 6 nitrogen and oxygen atoms in total. The zero-order valence-electron chi connectivity index (χ0n) is 16.7. The third-order valence-electron chi connectivity index (χ3n) is 5.23. The maximum atomic E-state index is 5.73. The van der Waals surface area contributed by atoms with Crippen molar-refractivity contribution >= 4 is 5.96 Å². The molecule has 1 N–H and O–H groups in total. The highest BCUT2D eigenvalue weighted by Crippen LogP contribution is 2.28. The molecule has 27 heavy (non-hydrogen) atoms. The molecular formula is C21H33N3O3. The number of guanidine groups is 1. The molecule has 0 amide bonds. The smallest absolute Gasteiger partial charge is 0.194 e. The van der Waals surface area contributed by atoms with E-state index in [1.54, 1.807) is 7.11 Å². The average molecular weight is 376 g/mol. The average Bonchev–Trinajstić information content (AvgIpc) is 3.39.